The van der Waals surface area contributed by atoms with E-state index in [2.05, 4.69) is 163 Å². The third kappa shape index (κ3) is 7.18. The molecular formula is C44H45IrN2S-. The zero-order valence-corrected chi connectivity index (χ0v) is 32.0. The number of pyridine rings is 2. The molecule has 3 heterocycles. The largest absolute Gasteiger partial charge is 0.319 e. The minimum atomic E-state index is 0. The van der Waals surface area contributed by atoms with Crippen LogP contribution < -0.4 is 0 Å². The molecule has 0 bridgehead atoms. The fraction of sp³-hybridized carbons (Fsp3) is 0.295. The normalized spacial score (nSPS) is 18.8. The van der Waals surface area contributed by atoms with Crippen LogP contribution in [0, 0.1) is 6.42 Å². The zero-order valence-electron chi connectivity index (χ0n) is 28.8. The van der Waals surface area contributed by atoms with Gasteiger partial charge in [0.25, 0.3) is 0 Å². The van der Waals surface area contributed by atoms with E-state index in [1.54, 1.807) is 5.56 Å². The van der Waals surface area contributed by atoms with Crippen LogP contribution in [0.5, 0.6) is 0 Å². The van der Waals surface area contributed by atoms with Gasteiger partial charge in [0.15, 0.2) is 0 Å². The Hall–Kier alpha value is -3.30. The molecule has 3 unspecified atom stereocenters. The Morgan fingerprint density at radius 1 is 0.688 bits per heavy atom. The van der Waals surface area contributed by atoms with Gasteiger partial charge in [0.1, 0.15) is 0 Å². The van der Waals surface area contributed by atoms with Crippen molar-refractivity contribution in [3.63, 3.8) is 0 Å². The molecule has 6 aromatic rings. The topological polar surface area (TPSA) is 25.8 Å². The van der Waals surface area contributed by atoms with Crippen LogP contribution in [0.15, 0.2) is 120 Å². The summed E-state index contributed by atoms with van der Waals surface area (Å²) in [7, 11) is 0. The Bertz CT molecular complexity index is 2040. The van der Waals surface area contributed by atoms with Crippen LogP contribution in [0.2, 0.25) is 0 Å². The van der Waals surface area contributed by atoms with E-state index in [9.17, 15) is 0 Å². The smallest absolute Gasteiger partial charge is 0.0702 e. The van der Waals surface area contributed by atoms with Gasteiger partial charge in [-0.3, -0.25) is 9.97 Å². The number of benzene rings is 4. The Balaban J connectivity index is 0.000000164. The molecule has 1 saturated carbocycles. The SMILES string of the molecule is CC(C)(C)c1ccc(-c2ccc3ccc4ccccc4c3c2)nc1.CC(C)(C)c1ccnc(C2[CH-]CC3Sc4ccccc4C3C2)c1.[Ir]. The number of hydrogen-bond donors (Lipinski definition) is 0. The summed E-state index contributed by atoms with van der Waals surface area (Å²) in [5.74, 6) is 1.18. The maximum Gasteiger partial charge on any atom is 0.0702 e. The quantitative estimate of drug-likeness (QED) is 0.128. The maximum atomic E-state index is 4.71. The van der Waals surface area contributed by atoms with Crippen LogP contribution in [-0.4, -0.2) is 15.2 Å². The van der Waals surface area contributed by atoms with E-state index in [0.29, 0.717) is 11.8 Å². The molecule has 1 radical (unpaired) electrons. The fourth-order valence-electron chi connectivity index (χ4n) is 7.03. The molecule has 0 saturated heterocycles. The van der Waals surface area contributed by atoms with E-state index in [1.165, 1.54) is 61.7 Å². The summed E-state index contributed by atoms with van der Waals surface area (Å²) in [5, 5.41) is 5.85. The van der Waals surface area contributed by atoms with Gasteiger partial charge >= 0.3 is 0 Å². The van der Waals surface area contributed by atoms with Crippen molar-refractivity contribution in [2.24, 2.45) is 0 Å². The van der Waals surface area contributed by atoms with E-state index in [4.69, 9.17) is 9.97 Å². The molecule has 247 valence electrons. The first kappa shape index (κ1) is 34.6. The first-order chi connectivity index (χ1) is 22.5. The molecule has 1 fully saturated rings. The molecule has 2 aliphatic rings. The van der Waals surface area contributed by atoms with E-state index in [0.717, 1.165) is 10.9 Å². The summed E-state index contributed by atoms with van der Waals surface area (Å²) in [6.45, 7) is 13.5. The van der Waals surface area contributed by atoms with Gasteiger partial charge in [0.05, 0.1) is 5.69 Å². The van der Waals surface area contributed by atoms with Crippen molar-refractivity contribution >= 4 is 33.3 Å². The van der Waals surface area contributed by atoms with Crippen LogP contribution in [-0.2, 0) is 30.9 Å². The zero-order chi connectivity index (χ0) is 32.8. The molecule has 3 atom stereocenters. The van der Waals surface area contributed by atoms with Crippen molar-refractivity contribution in [1.82, 2.24) is 9.97 Å². The standard InChI is InChI=1S/C23H21N.C21H24NS.Ir/c1-23(2,3)19-12-13-22(24-15-19)18-11-10-17-9-8-16-6-4-5-7-20(16)21(17)14-18;1-21(2,3)15-10-11-22-18(13-15)14-8-9-20-17(12-14)16-6-4-5-7-19(16)23-20;/h4-15H,1-3H3;4-8,10-11,13-14,17,20H,9,12H2,1-3H3;/q;-1;. The van der Waals surface area contributed by atoms with Gasteiger partial charge in [0, 0.05) is 48.7 Å². The predicted molar refractivity (Wildman–Crippen MR) is 201 cm³/mol. The Morgan fingerprint density at radius 2 is 1.40 bits per heavy atom. The van der Waals surface area contributed by atoms with Crippen LogP contribution in [0.3, 0.4) is 0 Å². The summed E-state index contributed by atoms with van der Waals surface area (Å²) in [5.41, 5.74) is 7.97. The van der Waals surface area contributed by atoms with Gasteiger partial charge in [-0.15, -0.1) is 17.7 Å². The average Bonchev–Trinajstić information content (AvgIpc) is 3.46. The number of hydrogen-bond acceptors (Lipinski definition) is 3. The Labute approximate surface area is 304 Å². The van der Waals surface area contributed by atoms with Gasteiger partial charge in [0.2, 0.25) is 0 Å². The van der Waals surface area contributed by atoms with Gasteiger partial charge in [-0.05, 0) is 90.6 Å². The minimum Gasteiger partial charge on any atom is -0.319 e. The van der Waals surface area contributed by atoms with E-state index in [-0.39, 0.29) is 30.9 Å². The summed E-state index contributed by atoms with van der Waals surface area (Å²) in [6, 6.07) is 37.3. The van der Waals surface area contributed by atoms with Crippen molar-refractivity contribution in [2.75, 3.05) is 0 Å². The second kappa shape index (κ2) is 13.9. The molecule has 8 rings (SSSR count). The van der Waals surface area contributed by atoms with Crippen LogP contribution in [0.1, 0.15) is 88.6 Å². The molecule has 48 heavy (non-hydrogen) atoms. The van der Waals surface area contributed by atoms with Crippen molar-refractivity contribution in [1.29, 1.82) is 0 Å². The molecule has 2 nitrogen and oxygen atoms in total. The van der Waals surface area contributed by atoms with Crippen LogP contribution in [0.4, 0.5) is 0 Å². The van der Waals surface area contributed by atoms with Crippen molar-refractivity contribution in [2.45, 2.75) is 87.2 Å². The molecule has 1 aliphatic heterocycles. The van der Waals surface area contributed by atoms with Gasteiger partial charge < -0.3 is 6.42 Å². The second-order valence-corrected chi connectivity index (χ2v) is 16.5. The third-order valence-corrected chi connectivity index (χ3v) is 11.4. The molecule has 2 aromatic heterocycles. The predicted octanol–water partition coefficient (Wildman–Crippen LogP) is 12.1. The van der Waals surface area contributed by atoms with Gasteiger partial charge in [-0.2, -0.15) is 6.42 Å². The van der Waals surface area contributed by atoms with E-state index >= 15 is 0 Å². The van der Waals surface area contributed by atoms with E-state index in [1.807, 2.05) is 12.4 Å². The first-order valence-electron chi connectivity index (χ1n) is 17.0. The fourth-order valence-corrected chi connectivity index (χ4v) is 8.50. The summed E-state index contributed by atoms with van der Waals surface area (Å²) in [4.78, 5) is 10.9. The molecule has 0 spiro atoms. The summed E-state index contributed by atoms with van der Waals surface area (Å²) >= 11 is 2.07. The second-order valence-electron chi connectivity index (χ2n) is 15.2. The Kier molecular flexibility index (Phi) is 10.0. The molecule has 4 aromatic carbocycles. The average molecular weight is 826 g/mol. The number of fused-ring (bicyclic) bond motifs is 6. The molecule has 4 heteroatoms. The number of thioether (sulfide) groups is 1. The summed E-state index contributed by atoms with van der Waals surface area (Å²) in [6.07, 6.45) is 8.90. The molecular weight excluding hydrogens is 781 g/mol. The monoisotopic (exact) mass is 826 g/mol. The van der Waals surface area contributed by atoms with Crippen LogP contribution >= 0.6 is 11.8 Å². The third-order valence-electron chi connectivity index (χ3n) is 9.91. The van der Waals surface area contributed by atoms with Crippen LogP contribution in [0.25, 0.3) is 32.8 Å². The minimum absolute atomic E-state index is 0. The molecule has 0 amide bonds. The van der Waals surface area contributed by atoms with Crippen molar-refractivity contribution in [3.8, 4) is 11.3 Å². The maximum absolute atomic E-state index is 4.71. The number of aromatic nitrogens is 2. The van der Waals surface area contributed by atoms with Crippen molar-refractivity contribution in [3.05, 3.63) is 144 Å². The number of nitrogens with zero attached hydrogens (tertiary/aromatic N) is 2. The molecule has 0 N–H and O–H groups in total. The van der Waals surface area contributed by atoms with Gasteiger partial charge in [-0.1, -0.05) is 121 Å². The van der Waals surface area contributed by atoms with Gasteiger partial charge in [-0.25, -0.2) is 0 Å². The summed E-state index contributed by atoms with van der Waals surface area (Å²) < 4.78 is 0. The molecule has 1 aliphatic carbocycles. The van der Waals surface area contributed by atoms with Crippen molar-refractivity contribution < 1.29 is 20.1 Å². The number of rotatable bonds is 2. The first-order valence-corrected chi connectivity index (χ1v) is 17.9. The van der Waals surface area contributed by atoms with E-state index < -0.39 is 0 Å². The Morgan fingerprint density at radius 3 is 2.15 bits per heavy atom.